The van der Waals surface area contributed by atoms with Gasteiger partial charge in [-0.25, -0.2) is 0 Å². The summed E-state index contributed by atoms with van der Waals surface area (Å²) < 4.78 is 11.2. The number of nitrogens with one attached hydrogen (secondary N) is 1. The van der Waals surface area contributed by atoms with Crippen LogP contribution in [0.1, 0.15) is 38.2 Å². The summed E-state index contributed by atoms with van der Waals surface area (Å²) in [5.41, 5.74) is 0.490. The van der Waals surface area contributed by atoms with Crippen LogP contribution in [0.5, 0.6) is 11.5 Å². The SMILES string of the molecule is CCNCc1ccc(OC)c(OCC2(O)CCCC2)c1. The van der Waals surface area contributed by atoms with Gasteiger partial charge in [0, 0.05) is 6.54 Å². The van der Waals surface area contributed by atoms with E-state index in [9.17, 15) is 5.11 Å². The monoisotopic (exact) mass is 279 g/mol. The van der Waals surface area contributed by atoms with Gasteiger partial charge in [-0.1, -0.05) is 25.8 Å². The number of methoxy groups -OCH3 is 1. The molecule has 0 radical (unpaired) electrons. The maximum atomic E-state index is 10.3. The molecule has 0 aromatic heterocycles. The first-order chi connectivity index (χ1) is 9.67. The number of aliphatic hydroxyl groups is 1. The molecule has 1 aliphatic carbocycles. The Morgan fingerprint density at radius 1 is 1.25 bits per heavy atom. The molecule has 4 heteroatoms. The Morgan fingerprint density at radius 3 is 2.65 bits per heavy atom. The standard InChI is InChI=1S/C16H25NO3/c1-3-17-11-13-6-7-14(19-2)15(10-13)20-12-16(18)8-4-5-9-16/h6-7,10,17-18H,3-5,8-9,11-12H2,1-2H3. The van der Waals surface area contributed by atoms with E-state index in [4.69, 9.17) is 9.47 Å². The van der Waals surface area contributed by atoms with Gasteiger partial charge in [0.15, 0.2) is 11.5 Å². The highest BCUT2D eigenvalue weighted by molar-refractivity contribution is 5.43. The number of benzene rings is 1. The lowest BCUT2D eigenvalue weighted by molar-refractivity contribution is 0.000709. The third-order valence-corrected chi connectivity index (χ3v) is 3.84. The van der Waals surface area contributed by atoms with E-state index in [0.717, 1.165) is 44.3 Å². The molecule has 0 saturated heterocycles. The summed E-state index contributed by atoms with van der Waals surface area (Å²) in [6.07, 6.45) is 3.81. The Balaban J connectivity index is 2.03. The van der Waals surface area contributed by atoms with E-state index in [1.54, 1.807) is 7.11 Å². The molecule has 20 heavy (non-hydrogen) atoms. The van der Waals surface area contributed by atoms with Crippen molar-refractivity contribution in [1.82, 2.24) is 5.32 Å². The van der Waals surface area contributed by atoms with E-state index in [0.29, 0.717) is 18.1 Å². The molecule has 0 atom stereocenters. The summed E-state index contributed by atoms with van der Waals surface area (Å²) >= 11 is 0. The number of hydrogen-bond donors (Lipinski definition) is 2. The predicted octanol–water partition coefficient (Wildman–Crippen LogP) is 2.49. The molecule has 1 aliphatic rings. The van der Waals surface area contributed by atoms with E-state index in [2.05, 4.69) is 12.2 Å². The zero-order valence-electron chi connectivity index (χ0n) is 12.4. The molecule has 2 N–H and O–H groups in total. The third-order valence-electron chi connectivity index (χ3n) is 3.84. The number of hydrogen-bond acceptors (Lipinski definition) is 4. The molecule has 0 spiro atoms. The highest BCUT2D eigenvalue weighted by atomic mass is 16.5. The fraction of sp³-hybridized carbons (Fsp3) is 0.625. The average molecular weight is 279 g/mol. The van der Waals surface area contributed by atoms with Gasteiger partial charge in [-0.15, -0.1) is 0 Å². The molecule has 1 aromatic carbocycles. The van der Waals surface area contributed by atoms with Crippen molar-refractivity contribution in [3.05, 3.63) is 23.8 Å². The van der Waals surface area contributed by atoms with Crippen LogP contribution in [-0.4, -0.2) is 31.0 Å². The minimum Gasteiger partial charge on any atom is -0.493 e. The minimum absolute atomic E-state index is 0.341. The fourth-order valence-corrected chi connectivity index (χ4v) is 2.60. The highest BCUT2D eigenvalue weighted by Gasteiger charge is 2.32. The van der Waals surface area contributed by atoms with Gasteiger partial charge in [0.05, 0.1) is 12.7 Å². The first kappa shape index (κ1) is 15.1. The van der Waals surface area contributed by atoms with Crippen LogP contribution in [0.4, 0.5) is 0 Å². The van der Waals surface area contributed by atoms with Crippen molar-refractivity contribution in [1.29, 1.82) is 0 Å². The summed E-state index contributed by atoms with van der Waals surface area (Å²) in [6, 6.07) is 5.93. The van der Waals surface area contributed by atoms with Gasteiger partial charge in [0.1, 0.15) is 6.61 Å². The van der Waals surface area contributed by atoms with E-state index < -0.39 is 5.60 Å². The van der Waals surface area contributed by atoms with Crippen LogP contribution in [0.2, 0.25) is 0 Å². The molecule has 4 nitrogen and oxygen atoms in total. The normalized spacial score (nSPS) is 17.1. The molecule has 1 saturated carbocycles. The number of rotatable bonds is 7. The summed E-state index contributed by atoms with van der Waals surface area (Å²) in [5, 5.41) is 13.6. The molecular formula is C16H25NO3. The molecule has 0 amide bonds. The first-order valence-electron chi connectivity index (χ1n) is 7.40. The van der Waals surface area contributed by atoms with Gasteiger partial charge < -0.3 is 19.9 Å². The smallest absolute Gasteiger partial charge is 0.161 e. The maximum Gasteiger partial charge on any atom is 0.161 e. The Labute approximate surface area is 121 Å². The topological polar surface area (TPSA) is 50.7 Å². The zero-order chi connectivity index (χ0) is 14.4. The Kier molecular flexibility index (Phi) is 5.26. The van der Waals surface area contributed by atoms with Crippen LogP contribution in [0, 0.1) is 0 Å². The van der Waals surface area contributed by atoms with Crippen LogP contribution in [0.3, 0.4) is 0 Å². The minimum atomic E-state index is -0.664. The molecule has 1 fully saturated rings. The van der Waals surface area contributed by atoms with Crippen molar-refractivity contribution in [3.8, 4) is 11.5 Å². The second kappa shape index (κ2) is 6.95. The van der Waals surface area contributed by atoms with Gasteiger partial charge in [0.25, 0.3) is 0 Å². The van der Waals surface area contributed by atoms with Crippen LogP contribution in [-0.2, 0) is 6.54 Å². The molecular weight excluding hydrogens is 254 g/mol. The van der Waals surface area contributed by atoms with E-state index in [1.165, 1.54) is 0 Å². The quantitative estimate of drug-likeness (QED) is 0.805. The predicted molar refractivity (Wildman–Crippen MR) is 79.3 cm³/mol. The molecule has 1 aromatic rings. The molecule has 112 valence electrons. The van der Waals surface area contributed by atoms with Gasteiger partial charge in [0.2, 0.25) is 0 Å². The fourth-order valence-electron chi connectivity index (χ4n) is 2.60. The molecule has 0 bridgehead atoms. The van der Waals surface area contributed by atoms with Crippen molar-refractivity contribution in [2.45, 2.75) is 44.8 Å². The van der Waals surface area contributed by atoms with Gasteiger partial charge in [-0.2, -0.15) is 0 Å². The van der Waals surface area contributed by atoms with E-state index >= 15 is 0 Å². The first-order valence-corrected chi connectivity index (χ1v) is 7.40. The zero-order valence-corrected chi connectivity index (χ0v) is 12.4. The lowest BCUT2D eigenvalue weighted by atomic mass is 10.0. The number of ether oxygens (including phenoxy) is 2. The Bertz CT molecular complexity index is 428. The Morgan fingerprint density at radius 2 is 2.00 bits per heavy atom. The van der Waals surface area contributed by atoms with E-state index in [-0.39, 0.29) is 0 Å². The summed E-state index contributed by atoms with van der Waals surface area (Å²) in [7, 11) is 1.64. The lowest BCUT2D eigenvalue weighted by Crippen LogP contribution is -2.32. The van der Waals surface area contributed by atoms with Crippen LogP contribution < -0.4 is 14.8 Å². The summed E-state index contributed by atoms with van der Waals surface area (Å²) in [5.74, 6) is 1.43. The van der Waals surface area contributed by atoms with Crippen molar-refractivity contribution in [3.63, 3.8) is 0 Å². The summed E-state index contributed by atoms with van der Waals surface area (Å²) in [4.78, 5) is 0. The molecule has 2 rings (SSSR count). The summed E-state index contributed by atoms with van der Waals surface area (Å²) in [6.45, 7) is 4.16. The van der Waals surface area contributed by atoms with Crippen LogP contribution in [0.25, 0.3) is 0 Å². The lowest BCUT2D eigenvalue weighted by Gasteiger charge is -2.23. The maximum absolute atomic E-state index is 10.3. The molecule has 0 aliphatic heterocycles. The molecule has 0 heterocycles. The van der Waals surface area contributed by atoms with E-state index in [1.807, 2.05) is 18.2 Å². The van der Waals surface area contributed by atoms with Crippen molar-refractivity contribution in [2.24, 2.45) is 0 Å². The second-order valence-corrected chi connectivity index (χ2v) is 5.49. The third kappa shape index (κ3) is 3.87. The highest BCUT2D eigenvalue weighted by Crippen LogP contribution is 2.33. The van der Waals surface area contributed by atoms with Crippen LogP contribution in [0.15, 0.2) is 18.2 Å². The Hall–Kier alpha value is -1.26. The second-order valence-electron chi connectivity index (χ2n) is 5.49. The van der Waals surface area contributed by atoms with Crippen molar-refractivity contribution in [2.75, 3.05) is 20.3 Å². The van der Waals surface area contributed by atoms with Crippen molar-refractivity contribution < 1.29 is 14.6 Å². The van der Waals surface area contributed by atoms with Crippen molar-refractivity contribution >= 4 is 0 Å². The average Bonchev–Trinajstić information content (AvgIpc) is 2.90. The van der Waals surface area contributed by atoms with Gasteiger partial charge >= 0.3 is 0 Å². The van der Waals surface area contributed by atoms with Gasteiger partial charge in [-0.05, 0) is 37.1 Å². The largest absolute Gasteiger partial charge is 0.493 e. The molecule has 0 unspecified atom stereocenters. The van der Waals surface area contributed by atoms with Crippen LogP contribution >= 0.6 is 0 Å². The van der Waals surface area contributed by atoms with Gasteiger partial charge in [-0.3, -0.25) is 0 Å².